The second-order valence-electron chi connectivity index (χ2n) is 9.50. The Labute approximate surface area is 211 Å². The number of carboxylic acid groups (broad SMARTS) is 1. The van der Waals surface area contributed by atoms with Crippen LogP contribution in [0.1, 0.15) is 65.1 Å². The number of rotatable bonds is 7. The van der Waals surface area contributed by atoms with E-state index in [1.165, 1.54) is 67.3 Å². The SMILES string of the molecule is COc1cc(C(=O)O)ccc1NS(=O)(=O)N1Cc2cccc(-c3ccc(C4CCCCC4)cc3)c2C1. The molecule has 0 spiro atoms. The van der Waals surface area contributed by atoms with Gasteiger partial charge in [-0.2, -0.15) is 12.7 Å². The van der Waals surface area contributed by atoms with Crippen molar-refractivity contribution in [2.24, 2.45) is 0 Å². The molecule has 2 aliphatic rings. The van der Waals surface area contributed by atoms with E-state index in [1.807, 2.05) is 18.2 Å². The summed E-state index contributed by atoms with van der Waals surface area (Å²) in [6, 6.07) is 18.8. The predicted octanol–water partition coefficient (Wildman–Crippen LogP) is 5.78. The maximum absolute atomic E-state index is 13.3. The Morgan fingerprint density at radius 2 is 1.75 bits per heavy atom. The number of benzene rings is 3. The number of anilines is 1. The summed E-state index contributed by atoms with van der Waals surface area (Å²) < 4.78 is 35.7. The van der Waals surface area contributed by atoms with Gasteiger partial charge >= 0.3 is 16.2 Å². The summed E-state index contributed by atoms with van der Waals surface area (Å²) in [6.45, 7) is 0.509. The molecule has 3 aromatic rings. The van der Waals surface area contributed by atoms with E-state index in [2.05, 4.69) is 29.0 Å². The Morgan fingerprint density at radius 3 is 2.44 bits per heavy atom. The molecule has 0 unspecified atom stereocenters. The minimum absolute atomic E-state index is 0.0162. The van der Waals surface area contributed by atoms with E-state index >= 15 is 0 Å². The van der Waals surface area contributed by atoms with Crippen molar-refractivity contribution in [3.63, 3.8) is 0 Å². The van der Waals surface area contributed by atoms with Gasteiger partial charge in [0.15, 0.2) is 0 Å². The zero-order valence-corrected chi connectivity index (χ0v) is 21.1. The second kappa shape index (κ2) is 9.95. The molecule has 0 radical (unpaired) electrons. The number of carboxylic acids is 1. The minimum Gasteiger partial charge on any atom is -0.495 e. The molecule has 1 aliphatic carbocycles. The Hall–Kier alpha value is -3.36. The first kappa shape index (κ1) is 24.3. The maximum atomic E-state index is 13.3. The summed E-state index contributed by atoms with van der Waals surface area (Å²) >= 11 is 0. The summed E-state index contributed by atoms with van der Waals surface area (Å²) in [6.07, 6.45) is 6.44. The van der Waals surface area contributed by atoms with Crippen molar-refractivity contribution in [1.29, 1.82) is 0 Å². The molecule has 0 amide bonds. The van der Waals surface area contributed by atoms with Gasteiger partial charge in [-0.05, 0) is 64.8 Å². The van der Waals surface area contributed by atoms with Crippen molar-refractivity contribution < 1.29 is 23.1 Å². The Bertz CT molecular complexity index is 1380. The maximum Gasteiger partial charge on any atom is 0.335 e. The standard InChI is InChI=1S/C28H30N2O5S/c1-35-27-16-22(28(31)32)14-15-26(27)29-36(33,34)30-17-23-8-5-9-24(25(23)18-30)21-12-10-20(11-13-21)19-6-3-2-4-7-19/h5,8-16,19,29H,2-4,6-7,17-18H2,1H3,(H,31,32). The Balaban J connectivity index is 1.36. The van der Waals surface area contributed by atoms with Crippen LogP contribution in [0.15, 0.2) is 60.7 Å². The molecule has 0 saturated heterocycles. The molecule has 1 saturated carbocycles. The molecule has 0 bridgehead atoms. The number of hydrogen-bond acceptors (Lipinski definition) is 4. The number of hydrogen-bond donors (Lipinski definition) is 2. The van der Waals surface area contributed by atoms with E-state index in [0.717, 1.165) is 22.3 Å². The summed E-state index contributed by atoms with van der Waals surface area (Å²) in [5, 5.41) is 9.20. The van der Waals surface area contributed by atoms with Crippen LogP contribution < -0.4 is 9.46 Å². The van der Waals surface area contributed by atoms with Crippen molar-refractivity contribution in [2.75, 3.05) is 11.8 Å². The van der Waals surface area contributed by atoms with Crippen LogP contribution in [-0.4, -0.2) is 30.9 Å². The molecule has 8 heteroatoms. The van der Waals surface area contributed by atoms with Crippen LogP contribution in [0.4, 0.5) is 5.69 Å². The van der Waals surface area contributed by atoms with Gasteiger partial charge in [0.2, 0.25) is 0 Å². The van der Waals surface area contributed by atoms with Crippen LogP contribution in [0.5, 0.6) is 5.75 Å². The molecule has 1 heterocycles. The number of nitrogens with one attached hydrogen (secondary N) is 1. The number of fused-ring (bicyclic) bond motifs is 1. The lowest BCUT2D eigenvalue weighted by atomic mass is 9.83. The van der Waals surface area contributed by atoms with E-state index in [0.29, 0.717) is 5.92 Å². The fourth-order valence-electron chi connectivity index (χ4n) is 5.32. The van der Waals surface area contributed by atoms with Gasteiger partial charge in [-0.1, -0.05) is 61.7 Å². The highest BCUT2D eigenvalue weighted by Crippen LogP contribution is 2.37. The van der Waals surface area contributed by atoms with E-state index in [1.54, 1.807) is 0 Å². The van der Waals surface area contributed by atoms with Crippen LogP contribution in [0.2, 0.25) is 0 Å². The monoisotopic (exact) mass is 506 g/mol. The number of methoxy groups -OCH3 is 1. The molecule has 5 rings (SSSR count). The summed E-state index contributed by atoms with van der Waals surface area (Å²) in [5.41, 5.74) is 5.71. The summed E-state index contributed by atoms with van der Waals surface area (Å²) in [7, 11) is -2.54. The molecule has 3 aromatic carbocycles. The molecule has 0 atom stereocenters. The lowest BCUT2D eigenvalue weighted by molar-refractivity contribution is 0.0696. The van der Waals surface area contributed by atoms with Crippen LogP contribution in [0, 0.1) is 0 Å². The molecule has 7 nitrogen and oxygen atoms in total. The molecule has 188 valence electrons. The van der Waals surface area contributed by atoms with E-state index < -0.39 is 16.2 Å². The van der Waals surface area contributed by atoms with Crippen molar-refractivity contribution >= 4 is 21.9 Å². The second-order valence-corrected chi connectivity index (χ2v) is 11.2. The first-order valence-corrected chi connectivity index (χ1v) is 13.7. The molecule has 36 heavy (non-hydrogen) atoms. The number of aromatic carboxylic acids is 1. The summed E-state index contributed by atoms with van der Waals surface area (Å²) in [5.74, 6) is -0.325. The quantitative estimate of drug-likeness (QED) is 0.423. The first-order chi connectivity index (χ1) is 17.4. The average Bonchev–Trinajstić information content (AvgIpc) is 3.35. The average molecular weight is 507 g/mol. The van der Waals surface area contributed by atoms with Crippen molar-refractivity contribution in [3.8, 4) is 16.9 Å². The predicted molar refractivity (Wildman–Crippen MR) is 139 cm³/mol. The van der Waals surface area contributed by atoms with Gasteiger partial charge in [0, 0.05) is 13.1 Å². The van der Waals surface area contributed by atoms with Crippen LogP contribution in [-0.2, 0) is 23.3 Å². The largest absolute Gasteiger partial charge is 0.495 e. The third-order valence-electron chi connectivity index (χ3n) is 7.28. The Morgan fingerprint density at radius 1 is 1.00 bits per heavy atom. The van der Waals surface area contributed by atoms with Crippen molar-refractivity contribution in [1.82, 2.24) is 4.31 Å². The number of ether oxygens (including phenoxy) is 1. The molecule has 1 aliphatic heterocycles. The zero-order valence-electron chi connectivity index (χ0n) is 20.2. The van der Waals surface area contributed by atoms with Gasteiger partial charge in [0.25, 0.3) is 0 Å². The van der Waals surface area contributed by atoms with Gasteiger partial charge in [-0.25, -0.2) is 4.79 Å². The Kier molecular flexibility index (Phi) is 6.73. The molecule has 2 N–H and O–H groups in total. The fourth-order valence-corrected chi connectivity index (χ4v) is 6.50. The van der Waals surface area contributed by atoms with Crippen LogP contribution in [0.3, 0.4) is 0 Å². The van der Waals surface area contributed by atoms with Gasteiger partial charge in [-0.3, -0.25) is 4.72 Å². The third-order valence-corrected chi connectivity index (χ3v) is 8.70. The van der Waals surface area contributed by atoms with Crippen molar-refractivity contribution in [3.05, 3.63) is 82.9 Å². The van der Waals surface area contributed by atoms with E-state index in [-0.39, 0.29) is 30.1 Å². The number of nitrogens with zero attached hydrogens (tertiary/aromatic N) is 1. The fraction of sp³-hybridized carbons (Fsp3) is 0.321. The third kappa shape index (κ3) is 4.83. The van der Waals surface area contributed by atoms with Crippen LogP contribution >= 0.6 is 0 Å². The van der Waals surface area contributed by atoms with E-state index in [9.17, 15) is 18.3 Å². The lowest BCUT2D eigenvalue weighted by Gasteiger charge is -2.22. The topological polar surface area (TPSA) is 95.9 Å². The lowest BCUT2D eigenvalue weighted by Crippen LogP contribution is -2.31. The minimum atomic E-state index is -3.91. The van der Waals surface area contributed by atoms with Gasteiger partial charge in [0.05, 0.1) is 18.4 Å². The summed E-state index contributed by atoms with van der Waals surface area (Å²) in [4.78, 5) is 11.2. The first-order valence-electron chi connectivity index (χ1n) is 12.3. The highest BCUT2D eigenvalue weighted by atomic mass is 32.2. The van der Waals surface area contributed by atoms with Crippen LogP contribution in [0.25, 0.3) is 11.1 Å². The highest BCUT2D eigenvalue weighted by Gasteiger charge is 2.31. The van der Waals surface area contributed by atoms with Gasteiger partial charge < -0.3 is 9.84 Å². The normalized spacial score (nSPS) is 16.5. The molecular formula is C28H30N2O5S. The van der Waals surface area contributed by atoms with E-state index in [4.69, 9.17) is 4.74 Å². The van der Waals surface area contributed by atoms with Crippen molar-refractivity contribution in [2.45, 2.75) is 51.1 Å². The van der Waals surface area contributed by atoms with Gasteiger partial charge in [-0.15, -0.1) is 0 Å². The highest BCUT2D eigenvalue weighted by molar-refractivity contribution is 7.90. The number of carbonyl (C=O) groups is 1. The molecular weight excluding hydrogens is 476 g/mol. The molecule has 0 aromatic heterocycles. The smallest absolute Gasteiger partial charge is 0.335 e. The molecule has 1 fully saturated rings. The van der Waals surface area contributed by atoms with Gasteiger partial charge in [0.1, 0.15) is 5.75 Å². The zero-order chi connectivity index (χ0) is 25.3.